The number of nitrogens with zero attached hydrogens (tertiary/aromatic N) is 3. The molecule has 4 amide bonds. The molecule has 1 N–H and O–H groups in total. The van der Waals surface area contributed by atoms with E-state index >= 15 is 0 Å². The molecule has 8 heteroatoms. The smallest absolute Gasteiger partial charge is 0.325 e. The van der Waals surface area contributed by atoms with Gasteiger partial charge in [-0.25, -0.2) is 9.18 Å². The molecular formula is C26H35FN4O3. The van der Waals surface area contributed by atoms with Gasteiger partial charge < -0.3 is 15.1 Å². The number of amides is 4. The lowest BCUT2D eigenvalue weighted by molar-refractivity contribution is -0.135. The topological polar surface area (TPSA) is 73.0 Å². The molecule has 0 bridgehead atoms. The lowest BCUT2D eigenvalue weighted by atomic mass is 9.73. The molecule has 2 aliphatic heterocycles. The van der Waals surface area contributed by atoms with Crippen LogP contribution in [0.4, 0.5) is 9.18 Å². The molecule has 1 unspecified atom stereocenters. The molecule has 0 radical (unpaired) electrons. The van der Waals surface area contributed by atoms with Crippen LogP contribution in [0.25, 0.3) is 0 Å². The van der Waals surface area contributed by atoms with Gasteiger partial charge in [0.15, 0.2) is 0 Å². The van der Waals surface area contributed by atoms with E-state index < -0.39 is 11.6 Å². The van der Waals surface area contributed by atoms with Gasteiger partial charge in [0.2, 0.25) is 5.91 Å². The predicted molar refractivity (Wildman–Crippen MR) is 127 cm³/mol. The second-order valence-electron chi connectivity index (χ2n) is 10.0. The van der Waals surface area contributed by atoms with Gasteiger partial charge in [0.1, 0.15) is 11.4 Å². The van der Waals surface area contributed by atoms with E-state index in [2.05, 4.69) is 11.4 Å². The van der Waals surface area contributed by atoms with E-state index in [1.54, 1.807) is 12.1 Å². The van der Waals surface area contributed by atoms with Crippen LogP contribution in [-0.4, -0.2) is 78.4 Å². The molecular weight excluding hydrogens is 435 g/mol. The van der Waals surface area contributed by atoms with Crippen molar-refractivity contribution < 1.29 is 18.8 Å². The largest absolute Gasteiger partial charge is 0.339 e. The number of allylic oxidation sites excluding steroid dienone is 1. The average molecular weight is 471 g/mol. The van der Waals surface area contributed by atoms with E-state index in [0.717, 1.165) is 31.3 Å². The number of likely N-dealkylation sites (tertiary alicyclic amines) is 1. The minimum atomic E-state index is -1.13. The first-order valence-corrected chi connectivity index (χ1v) is 12.3. The third kappa shape index (κ3) is 5.02. The molecule has 2 saturated heterocycles. The highest BCUT2D eigenvalue weighted by molar-refractivity contribution is 6.07. The van der Waals surface area contributed by atoms with Gasteiger partial charge in [0.25, 0.3) is 5.91 Å². The first kappa shape index (κ1) is 24.4. The minimum Gasteiger partial charge on any atom is -0.339 e. The second kappa shape index (κ2) is 10.3. The van der Waals surface area contributed by atoms with Crippen molar-refractivity contribution in [1.29, 1.82) is 0 Å². The Morgan fingerprint density at radius 1 is 1.21 bits per heavy atom. The Morgan fingerprint density at radius 3 is 2.62 bits per heavy atom. The van der Waals surface area contributed by atoms with Gasteiger partial charge in [-0.2, -0.15) is 0 Å². The fraction of sp³-hybridized carbons (Fsp3) is 0.577. The molecule has 1 aromatic rings. The lowest BCUT2D eigenvalue weighted by Gasteiger charge is -2.41. The van der Waals surface area contributed by atoms with Crippen LogP contribution in [0.15, 0.2) is 35.9 Å². The highest BCUT2D eigenvalue weighted by Crippen LogP contribution is 2.37. The fourth-order valence-electron chi connectivity index (χ4n) is 5.47. The minimum absolute atomic E-state index is 0.103. The van der Waals surface area contributed by atoms with Crippen molar-refractivity contribution in [2.75, 3.05) is 40.3 Å². The van der Waals surface area contributed by atoms with E-state index in [1.807, 2.05) is 23.9 Å². The van der Waals surface area contributed by atoms with Crippen LogP contribution in [0.2, 0.25) is 0 Å². The summed E-state index contributed by atoms with van der Waals surface area (Å²) < 4.78 is 13.9. The van der Waals surface area contributed by atoms with Crippen molar-refractivity contribution in [3.05, 3.63) is 47.3 Å². The summed E-state index contributed by atoms with van der Waals surface area (Å²) in [4.78, 5) is 44.7. The summed E-state index contributed by atoms with van der Waals surface area (Å²) in [5.74, 6) is -0.647. The molecule has 3 aliphatic rings. The monoisotopic (exact) mass is 470 g/mol. The third-order valence-corrected chi connectivity index (χ3v) is 7.39. The molecule has 0 saturated carbocycles. The lowest BCUT2D eigenvalue weighted by Crippen LogP contribution is -2.58. The van der Waals surface area contributed by atoms with Crippen molar-refractivity contribution in [2.45, 2.75) is 50.5 Å². The number of imide groups is 1. The highest BCUT2D eigenvalue weighted by Gasteiger charge is 2.56. The van der Waals surface area contributed by atoms with E-state index in [-0.39, 0.29) is 30.0 Å². The van der Waals surface area contributed by atoms with Crippen LogP contribution in [0.1, 0.15) is 44.1 Å². The standard InChI is InChI=1S/C26H35FN4O3/c1-29(2)15-16-31-24(33)26(28-25(31)34,18-19-7-6-10-22(27)17-19)21-11-13-30(14-12-21)23(32)20-8-4-3-5-9-20/h6-8,10,17,21H,3-5,9,11-16,18H2,1-2H3,(H,28,34). The molecule has 34 heavy (non-hydrogen) atoms. The maximum atomic E-state index is 13.9. The zero-order valence-corrected chi connectivity index (χ0v) is 20.2. The number of hydrogen-bond acceptors (Lipinski definition) is 4. The number of rotatable bonds is 7. The molecule has 2 fully saturated rings. The zero-order chi connectivity index (χ0) is 24.3. The van der Waals surface area contributed by atoms with Crippen molar-refractivity contribution >= 4 is 17.8 Å². The third-order valence-electron chi connectivity index (χ3n) is 7.39. The Hall–Kier alpha value is -2.74. The highest BCUT2D eigenvalue weighted by atomic mass is 19.1. The second-order valence-corrected chi connectivity index (χ2v) is 10.0. The molecule has 0 spiro atoms. The molecule has 1 atom stereocenters. The molecule has 2 heterocycles. The van der Waals surface area contributed by atoms with Gasteiger partial charge >= 0.3 is 6.03 Å². The first-order valence-electron chi connectivity index (χ1n) is 12.3. The number of benzene rings is 1. The summed E-state index contributed by atoms with van der Waals surface area (Å²) in [5.41, 5.74) is 0.449. The van der Waals surface area contributed by atoms with Crippen molar-refractivity contribution in [3.63, 3.8) is 0 Å². The SMILES string of the molecule is CN(C)CCN1C(=O)NC(Cc2cccc(F)c2)(C2CCN(C(=O)C3=CCCCC3)CC2)C1=O. The summed E-state index contributed by atoms with van der Waals surface area (Å²) in [5, 5.41) is 3.02. The molecule has 1 aromatic carbocycles. The zero-order valence-electron chi connectivity index (χ0n) is 20.2. The average Bonchev–Trinajstić information content (AvgIpc) is 3.07. The van der Waals surface area contributed by atoms with Crippen LogP contribution in [0.3, 0.4) is 0 Å². The summed E-state index contributed by atoms with van der Waals surface area (Å²) >= 11 is 0. The van der Waals surface area contributed by atoms with E-state index in [0.29, 0.717) is 44.6 Å². The van der Waals surface area contributed by atoms with Crippen LogP contribution in [0.5, 0.6) is 0 Å². The molecule has 0 aromatic heterocycles. The Labute approximate surface area is 201 Å². The van der Waals surface area contributed by atoms with Gasteiger partial charge in [-0.1, -0.05) is 18.2 Å². The van der Waals surface area contributed by atoms with Gasteiger partial charge in [-0.15, -0.1) is 0 Å². The first-order chi connectivity index (χ1) is 16.3. The number of halogens is 1. The van der Waals surface area contributed by atoms with Crippen molar-refractivity contribution in [1.82, 2.24) is 20.0 Å². The Balaban J connectivity index is 1.54. The van der Waals surface area contributed by atoms with Gasteiger partial charge in [0.05, 0.1) is 0 Å². The molecule has 184 valence electrons. The number of urea groups is 1. The molecule has 7 nitrogen and oxygen atoms in total. The Bertz CT molecular complexity index is 971. The summed E-state index contributed by atoms with van der Waals surface area (Å²) in [6.07, 6.45) is 7.49. The number of nitrogens with one attached hydrogen (secondary N) is 1. The summed E-state index contributed by atoms with van der Waals surface area (Å²) in [6, 6.07) is 5.83. The Kier molecular flexibility index (Phi) is 7.36. The summed E-state index contributed by atoms with van der Waals surface area (Å²) in [7, 11) is 3.79. The maximum Gasteiger partial charge on any atom is 0.325 e. The predicted octanol–water partition coefficient (Wildman–Crippen LogP) is 2.96. The van der Waals surface area contributed by atoms with Crippen LogP contribution >= 0.6 is 0 Å². The van der Waals surface area contributed by atoms with Crippen LogP contribution in [-0.2, 0) is 16.0 Å². The quantitative estimate of drug-likeness (QED) is 0.622. The number of carbonyl (C=O) groups is 3. The van der Waals surface area contributed by atoms with E-state index in [4.69, 9.17) is 0 Å². The van der Waals surface area contributed by atoms with E-state index in [1.165, 1.54) is 17.0 Å². The van der Waals surface area contributed by atoms with Gasteiger partial charge in [-0.05, 0) is 76.2 Å². The maximum absolute atomic E-state index is 13.9. The van der Waals surface area contributed by atoms with Crippen molar-refractivity contribution in [2.24, 2.45) is 5.92 Å². The summed E-state index contributed by atoms with van der Waals surface area (Å²) in [6.45, 7) is 1.96. The number of carbonyl (C=O) groups excluding carboxylic acids is 3. The molecule has 1 aliphatic carbocycles. The Morgan fingerprint density at radius 2 is 1.97 bits per heavy atom. The van der Waals surface area contributed by atoms with Crippen LogP contribution < -0.4 is 5.32 Å². The van der Waals surface area contributed by atoms with E-state index in [9.17, 15) is 18.8 Å². The number of piperidine rings is 1. The normalized spacial score (nSPS) is 23.9. The fourth-order valence-corrected chi connectivity index (χ4v) is 5.47. The van der Waals surface area contributed by atoms with Gasteiger partial charge in [0, 0.05) is 38.2 Å². The van der Waals surface area contributed by atoms with Crippen LogP contribution in [0, 0.1) is 11.7 Å². The molecule has 4 rings (SSSR count). The van der Waals surface area contributed by atoms with Gasteiger partial charge in [-0.3, -0.25) is 14.5 Å². The number of likely N-dealkylation sites (N-methyl/N-ethyl adjacent to an activating group) is 1. The van der Waals surface area contributed by atoms with Crippen molar-refractivity contribution in [3.8, 4) is 0 Å². The number of hydrogen-bond donors (Lipinski definition) is 1.